The van der Waals surface area contributed by atoms with E-state index in [0.717, 1.165) is 30.9 Å². The molecule has 0 aliphatic rings. The zero-order valence-corrected chi connectivity index (χ0v) is 26.9. The molecule has 0 radical (unpaired) electrons. The number of amides is 3. The van der Waals surface area contributed by atoms with Gasteiger partial charge in [0.25, 0.3) is 11.8 Å². The van der Waals surface area contributed by atoms with Gasteiger partial charge >= 0.3 is 0 Å². The molecule has 0 saturated heterocycles. The van der Waals surface area contributed by atoms with Crippen molar-refractivity contribution in [1.29, 1.82) is 0 Å². The molecule has 1 atom stereocenters. The van der Waals surface area contributed by atoms with Crippen molar-refractivity contribution in [2.45, 2.75) is 17.1 Å². The fourth-order valence-electron chi connectivity index (χ4n) is 4.10. The van der Waals surface area contributed by atoms with Crippen molar-refractivity contribution in [3.05, 3.63) is 118 Å². The van der Waals surface area contributed by atoms with Gasteiger partial charge in [0.05, 0.1) is 22.6 Å². The van der Waals surface area contributed by atoms with E-state index >= 15 is 0 Å². The number of anilines is 2. The SMILES string of the molecule is COc1ccc2nc(NC(=O)C(C)Sc3cccc(NC(=O)/C(=C\c4cccc(Br)c4)NC(=O)c4ccccc4)c3)sc2c1. The number of hydrogen-bond acceptors (Lipinski definition) is 7. The van der Waals surface area contributed by atoms with Crippen molar-refractivity contribution in [3.8, 4) is 5.75 Å². The number of thiazole rings is 1. The third-order valence-corrected chi connectivity index (χ3v) is 8.81. The molecule has 0 aliphatic carbocycles. The lowest BCUT2D eigenvalue weighted by molar-refractivity contribution is -0.115. The number of carbonyl (C=O) groups excluding carboxylic acids is 3. The van der Waals surface area contributed by atoms with E-state index in [2.05, 4.69) is 36.9 Å². The quantitative estimate of drug-likeness (QED) is 0.103. The molecule has 0 bridgehead atoms. The molecule has 8 nitrogen and oxygen atoms in total. The Kier molecular flexibility index (Phi) is 10.1. The van der Waals surface area contributed by atoms with Crippen LogP contribution < -0.4 is 20.7 Å². The van der Waals surface area contributed by atoms with Crippen LogP contribution in [0, 0.1) is 0 Å². The number of nitrogens with zero attached hydrogens (tertiary/aromatic N) is 1. The Hall–Kier alpha value is -4.45. The summed E-state index contributed by atoms with van der Waals surface area (Å²) in [5.41, 5.74) is 2.53. The highest BCUT2D eigenvalue weighted by molar-refractivity contribution is 9.10. The minimum absolute atomic E-state index is 0.0798. The summed E-state index contributed by atoms with van der Waals surface area (Å²) in [5.74, 6) is -0.365. The minimum Gasteiger partial charge on any atom is -0.497 e. The summed E-state index contributed by atoms with van der Waals surface area (Å²) in [6, 6.07) is 28.8. The second-order valence-electron chi connectivity index (χ2n) is 9.52. The predicted molar refractivity (Wildman–Crippen MR) is 181 cm³/mol. The number of aromatic nitrogens is 1. The van der Waals surface area contributed by atoms with Crippen molar-refractivity contribution in [2.24, 2.45) is 0 Å². The molecule has 1 aromatic heterocycles. The number of rotatable bonds is 10. The van der Waals surface area contributed by atoms with Crippen LogP contribution in [0.25, 0.3) is 16.3 Å². The summed E-state index contributed by atoms with van der Waals surface area (Å²) < 4.78 is 7.02. The molecule has 1 heterocycles. The average Bonchev–Trinajstić information content (AvgIpc) is 3.42. The van der Waals surface area contributed by atoms with E-state index in [4.69, 9.17) is 4.74 Å². The van der Waals surface area contributed by atoms with Crippen molar-refractivity contribution in [2.75, 3.05) is 17.7 Å². The van der Waals surface area contributed by atoms with Gasteiger partial charge in [-0.1, -0.05) is 63.7 Å². The van der Waals surface area contributed by atoms with E-state index in [-0.39, 0.29) is 11.6 Å². The summed E-state index contributed by atoms with van der Waals surface area (Å²) >= 11 is 6.17. The highest BCUT2D eigenvalue weighted by Gasteiger charge is 2.18. The van der Waals surface area contributed by atoms with Crippen LogP contribution in [0.15, 0.2) is 112 Å². The summed E-state index contributed by atoms with van der Waals surface area (Å²) in [6.45, 7) is 1.81. The number of methoxy groups -OCH3 is 1. The standard InChI is InChI=1S/C33H27BrN4O4S2/c1-20(30(39)38-33-37-27-15-14-25(42-2)19-29(27)44-33)43-26-13-7-12-24(18-26)35-32(41)28(17-21-8-6-11-23(34)16-21)36-31(40)22-9-4-3-5-10-22/h3-20H,1-2H3,(H,35,41)(H,36,40)(H,37,38,39)/b28-17+. The lowest BCUT2D eigenvalue weighted by Gasteiger charge is -2.13. The van der Waals surface area contributed by atoms with Crippen LogP contribution in [0.5, 0.6) is 5.75 Å². The van der Waals surface area contributed by atoms with Crippen LogP contribution in [0.4, 0.5) is 10.8 Å². The van der Waals surface area contributed by atoms with E-state index in [9.17, 15) is 14.4 Å². The van der Waals surface area contributed by atoms with Gasteiger partial charge in [0.15, 0.2) is 5.13 Å². The Labute approximate surface area is 271 Å². The summed E-state index contributed by atoms with van der Waals surface area (Å²) in [5, 5.41) is 8.58. The molecule has 0 saturated carbocycles. The van der Waals surface area contributed by atoms with Crippen molar-refractivity contribution in [3.63, 3.8) is 0 Å². The smallest absolute Gasteiger partial charge is 0.272 e. The third-order valence-electron chi connectivity index (χ3n) is 6.29. The molecule has 11 heteroatoms. The molecule has 0 aliphatic heterocycles. The lowest BCUT2D eigenvalue weighted by atomic mass is 10.1. The number of fused-ring (bicyclic) bond motifs is 1. The second-order valence-corrected chi connectivity index (χ2v) is 12.9. The highest BCUT2D eigenvalue weighted by Crippen LogP contribution is 2.31. The number of halogens is 1. The fraction of sp³-hybridized carbons (Fsp3) is 0.0909. The zero-order valence-electron chi connectivity index (χ0n) is 23.7. The van der Waals surface area contributed by atoms with Crippen molar-refractivity contribution >= 4 is 83.9 Å². The van der Waals surface area contributed by atoms with Gasteiger partial charge in [-0.2, -0.15) is 0 Å². The first-order valence-electron chi connectivity index (χ1n) is 13.4. The number of carbonyl (C=O) groups is 3. The van der Waals surface area contributed by atoms with Gasteiger partial charge in [-0.3, -0.25) is 14.4 Å². The molecule has 3 amide bonds. The maximum Gasteiger partial charge on any atom is 0.272 e. The van der Waals surface area contributed by atoms with E-state index in [1.807, 2.05) is 54.6 Å². The van der Waals surface area contributed by atoms with Crippen LogP contribution in [0.3, 0.4) is 0 Å². The third kappa shape index (κ3) is 8.13. The predicted octanol–water partition coefficient (Wildman–Crippen LogP) is 7.60. The number of hydrogen-bond donors (Lipinski definition) is 3. The van der Waals surface area contributed by atoms with Crippen LogP contribution >= 0.6 is 39.0 Å². The number of thioether (sulfide) groups is 1. The Morgan fingerprint density at radius 2 is 1.73 bits per heavy atom. The first-order valence-corrected chi connectivity index (χ1v) is 15.9. The molecular formula is C33H27BrN4O4S2. The molecule has 222 valence electrons. The molecular weight excluding hydrogens is 660 g/mol. The summed E-state index contributed by atoms with van der Waals surface area (Å²) in [4.78, 5) is 44.6. The number of benzene rings is 4. The molecule has 5 aromatic rings. The van der Waals surface area contributed by atoms with E-state index in [1.54, 1.807) is 62.6 Å². The van der Waals surface area contributed by atoms with Crippen LogP contribution in [0.2, 0.25) is 0 Å². The summed E-state index contributed by atoms with van der Waals surface area (Å²) in [6.07, 6.45) is 1.62. The maximum absolute atomic E-state index is 13.4. The highest BCUT2D eigenvalue weighted by atomic mass is 79.9. The van der Waals surface area contributed by atoms with E-state index in [0.29, 0.717) is 16.4 Å². The molecule has 5 rings (SSSR count). The van der Waals surface area contributed by atoms with Gasteiger partial charge in [-0.15, -0.1) is 11.8 Å². The van der Waals surface area contributed by atoms with E-state index < -0.39 is 17.1 Å². The van der Waals surface area contributed by atoms with Crippen molar-refractivity contribution in [1.82, 2.24) is 10.3 Å². The summed E-state index contributed by atoms with van der Waals surface area (Å²) in [7, 11) is 1.60. The number of nitrogens with one attached hydrogen (secondary N) is 3. The van der Waals surface area contributed by atoms with Gasteiger partial charge < -0.3 is 20.7 Å². The van der Waals surface area contributed by atoms with Gasteiger partial charge in [-0.05, 0) is 79.2 Å². The first-order chi connectivity index (χ1) is 21.3. The Morgan fingerprint density at radius 3 is 2.50 bits per heavy atom. The normalized spacial score (nSPS) is 11.9. The number of ether oxygens (including phenoxy) is 1. The molecule has 4 aromatic carbocycles. The molecule has 0 spiro atoms. The monoisotopic (exact) mass is 686 g/mol. The minimum atomic E-state index is -0.491. The topological polar surface area (TPSA) is 109 Å². The van der Waals surface area contributed by atoms with Gasteiger partial charge in [0.1, 0.15) is 11.4 Å². The molecule has 0 fully saturated rings. The van der Waals surface area contributed by atoms with Crippen molar-refractivity contribution < 1.29 is 19.1 Å². The Balaban J connectivity index is 1.27. The Bertz CT molecular complexity index is 1860. The largest absolute Gasteiger partial charge is 0.497 e. The van der Waals surface area contributed by atoms with Gasteiger partial charge in [0.2, 0.25) is 5.91 Å². The van der Waals surface area contributed by atoms with Crippen LogP contribution in [0.1, 0.15) is 22.8 Å². The van der Waals surface area contributed by atoms with E-state index in [1.165, 1.54) is 23.1 Å². The van der Waals surface area contributed by atoms with Gasteiger partial charge in [0, 0.05) is 20.6 Å². The Morgan fingerprint density at radius 1 is 0.932 bits per heavy atom. The van der Waals surface area contributed by atoms with Gasteiger partial charge in [-0.25, -0.2) is 4.98 Å². The average molecular weight is 688 g/mol. The molecule has 3 N–H and O–H groups in total. The van der Waals surface area contributed by atoms with Crippen LogP contribution in [-0.2, 0) is 9.59 Å². The fourth-order valence-corrected chi connectivity index (χ4v) is 6.34. The van der Waals surface area contributed by atoms with Crippen LogP contribution in [-0.4, -0.2) is 35.1 Å². The first kappa shape index (κ1) is 31.0. The maximum atomic E-state index is 13.4. The molecule has 44 heavy (non-hydrogen) atoms. The zero-order chi connectivity index (χ0) is 31.1. The molecule has 1 unspecified atom stereocenters. The lowest BCUT2D eigenvalue weighted by Crippen LogP contribution is -2.30. The second kappa shape index (κ2) is 14.3.